The summed E-state index contributed by atoms with van der Waals surface area (Å²) in [6.45, 7) is 12.0. The molecule has 14 heteroatoms. The summed E-state index contributed by atoms with van der Waals surface area (Å²) in [5.41, 5.74) is 3.28. The van der Waals surface area contributed by atoms with Gasteiger partial charge in [-0.05, 0) is 71.9 Å². The molecule has 1 aliphatic carbocycles. The summed E-state index contributed by atoms with van der Waals surface area (Å²) in [7, 11) is -9.96. The monoisotopic (exact) mass is 631 g/mol. The molecule has 2 aromatic carbocycles. The number of allylic oxidation sites excluding steroid dienone is 1. The second-order valence-electron chi connectivity index (χ2n) is 11.2. The van der Waals surface area contributed by atoms with Gasteiger partial charge in [0.15, 0.2) is 8.32 Å². The zero-order valence-electron chi connectivity index (χ0n) is 23.7. The number of rotatable bonds is 8. The fourth-order valence-corrected chi connectivity index (χ4v) is 6.46. The van der Waals surface area contributed by atoms with Gasteiger partial charge in [0, 0.05) is 19.2 Å². The first-order valence-electron chi connectivity index (χ1n) is 12.8. The highest BCUT2D eigenvalue weighted by atomic mass is 32.3. The van der Waals surface area contributed by atoms with E-state index < -0.39 is 40.5 Å². The summed E-state index contributed by atoms with van der Waals surface area (Å²) in [4.78, 5) is 10.7. The van der Waals surface area contributed by atoms with Crippen LogP contribution in [0.3, 0.4) is 0 Å². The Morgan fingerprint density at radius 2 is 1.61 bits per heavy atom. The molecule has 1 heterocycles. The van der Waals surface area contributed by atoms with Crippen LogP contribution in [-0.4, -0.2) is 68.8 Å². The van der Waals surface area contributed by atoms with Crippen molar-refractivity contribution in [2.75, 3.05) is 13.2 Å². The number of benzene rings is 2. The number of halogens is 1. The van der Waals surface area contributed by atoms with Gasteiger partial charge in [-0.3, -0.25) is 13.9 Å². The molecule has 0 spiro atoms. The van der Waals surface area contributed by atoms with Crippen molar-refractivity contribution in [2.24, 2.45) is 0 Å². The van der Waals surface area contributed by atoms with Crippen molar-refractivity contribution in [2.45, 2.75) is 69.1 Å². The Hall–Kier alpha value is -2.46. The Balaban J connectivity index is 0.000000272. The summed E-state index contributed by atoms with van der Waals surface area (Å²) in [6, 6.07) is 12.9. The molecule has 1 saturated heterocycles. The molecule has 41 heavy (non-hydrogen) atoms. The van der Waals surface area contributed by atoms with E-state index in [-0.39, 0.29) is 22.4 Å². The Bertz CT molecular complexity index is 1440. The molecule has 3 N–H and O–H groups in total. The number of sulfonamides is 1. The van der Waals surface area contributed by atoms with Crippen LogP contribution >= 0.6 is 0 Å². The SMILES string of the molecule is CC(C)(C)[Si](C)(C)OCC[C@@H]1CN1S(=O)(=O)c1ccc(F)cc1.O=C(O)CC1=CCc2ccccc21.O=S(=O)(O)O. The Labute approximate surface area is 242 Å². The smallest absolute Gasteiger partial charge is 0.394 e. The van der Waals surface area contributed by atoms with Crippen molar-refractivity contribution in [1.29, 1.82) is 0 Å². The van der Waals surface area contributed by atoms with E-state index >= 15 is 0 Å². The first kappa shape index (κ1) is 34.7. The van der Waals surface area contributed by atoms with E-state index in [0.717, 1.165) is 17.6 Å². The van der Waals surface area contributed by atoms with Crippen molar-refractivity contribution in [3.63, 3.8) is 0 Å². The lowest BCUT2D eigenvalue weighted by molar-refractivity contribution is -0.135. The van der Waals surface area contributed by atoms with Crippen LogP contribution < -0.4 is 0 Å². The maximum Gasteiger partial charge on any atom is 0.394 e. The van der Waals surface area contributed by atoms with Gasteiger partial charge in [-0.15, -0.1) is 0 Å². The molecule has 0 radical (unpaired) electrons. The molecule has 0 amide bonds. The highest BCUT2D eigenvalue weighted by molar-refractivity contribution is 7.89. The zero-order valence-corrected chi connectivity index (χ0v) is 26.4. The molecule has 0 bridgehead atoms. The highest BCUT2D eigenvalue weighted by Gasteiger charge is 2.45. The molecule has 2 aliphatic rings. The maximum absolute atomic E-state index is 12.9. The molecule has 1 aliphatic heterocycles. The molecule has 0 aromatic heterocycles. The number of fused-ring (bicyclic) bond motifs is 1. The number of aliphatic carboxylic acids is 1. The summed E-state index contributed by atoms with van der Waals surface area (Å²) in [5.74, 6) is -1.20. The van der Waals surface area contributed by atoms with Crippen LogP contribution in [0.25, 0.3) is 5.57 Å². The fourth-order valence-electron chi connectivity index (χ4n) is 3.78. The Morgan fingerprint density at radius 1 is 1.05 bits per heavy atom. The molecule has 4 rings (SSSR count). The van der Waals surface area contributed by atoms with Crippen molar-refractivity contribution in [1.82, 2.24) is 4.31 Å². The van der Waals surface area contributed by atoms with E-state index in [2.05, 4.69) is 33.9 Å². The van der Waals surface area contributed by atoms with Crippen molar-refractivity contribution in [3.05, 3.63) is 71.6 Å². The van der Waals surface area contributed by atoms with E-state index in [1.807, 2.05) is 30.3 Å². The van der Waals surface area contributed by atoms with Crippen molar-refractivity contribution in [3.8, 4) is 0 Å². The number of hydrogen-bond acceptors (Lipinski definition) is 6. The molecular formula is C27H38FNO9S2Si. The third kappa shape index (κ3) is 11.0. The van der Waals surface area contributed by atoms with E-state index in [1.54, 1.807) is 0 Å². The van der Waals surface area contributed by atoms with Crippen LogP contribution in [0.15, 0.2) is 59.5 Å². The minimum absolute atomic E-state index is 0.00479. The van der Waals surface area contributed by atoms with Gasteiger partial charge in [0.05, 0.1) is 11.3 Å². The number of carboxylic acids is 1. The van der Waals surface area contributed by atoms with Gasteiger partial charge >= 0.3 is 16.4 Å². The molecule has 2 aromatic rings. The minimum atomic E-state index is -4.67. The standard InChI is InChI=1S/C16H26FNO3SSi.C11H10O2.H2O4S/c1-16(2,3)23(4,5)21-11-10-14-12-18(14)22(19,20)15-8-6-13(17)7-9-15;12-11(13)7-9-6-5-8-3-1-2-4-10(8)9;1-5(2,3)4/h6-9,14H,10-12H2,1-5H3;1-4,6H,5,7H2,(H,12,13);(H2,1,2,3,4)/t14-,18?;;/m1../s1. The predicted octanol–water partition coefficient (Wildman–Crippen LogP) is 5.06. The van der Waals surface area contributed by atoms with Gasteiger partial charge in [-0.2, -0.15) is 12.7 Å². The van der Waals surface area contributed by atoms with Gasteiger partial charge in [0.2, 0.25) is 10.0 Å². The van der Waals surface area contributed by atoms with Gasteiger partial charge < -0.3 is 9.53 Å². The first-order valence-corrected chi connectivity index (χ1v) is 18.6. The fraction of sp³-hybridized carbons (Fsp3) is 0.444. The van der Waals surface area contributed by atoms with E-state index in [4.69, 9.17) is 27.1 Å². The maximum atomic E-state index is 12.9. The average Bonchev–Trinajstić information content (AvgIpc) is 3.51. The lowest BCUT2D eigenvalue weighted by atomic mass is 10.0. The van der Waals surface area contributed by atoms with Crippen LogP contribution in [-0.2, 0) is 36.1 Å². The third-order valence-electron chi connectivity index (χ3n) is 7.08. The lowest BCUT2D eigenvalue weighted by Gasteiger charge is -2.36. The minimum Gasteiger partial charge on any atom is -0.481 e. The van der Waals surface area contributed by atoms with Crippen LogP contribution in [0.4, 0.5) is 4.39 Å². The average molecular weight is 632 g/mol. The molecule has 1 unspecified atom stereocenters. The van der Waals surface area contributed by atoms with Crippen LogP contribution in [0.1, 0.15) is 44.7 Å². The molecule has 2 atom stereocenters. The second kappa shape index (κ2) is 13.7. The Kier molecular flexibility index (Phi) is 11.6. The molecule has 0 saturated carbocycles. The largest absolute Gasteiger partial charge is 0.481 e. The Morgan fingerprint density at radius 3 is 2.15 bits per heavy atom. The van der Waals surface area contributed by atoms with Crippen LogP contribution in [0.5, 0.6) is 0 Å². The van der Waals surface area contributed by atoms with Gasteiger partial charge in [0.1, 0.15) is 5.82 Å². The van der Waals surface area contributed by atoms with E-state index in [9.17, 15) is 17.6 Å². The normalized spacial score (nSPS) is 18.2. The summed E-state index contributed by atoms with van der Waals surface area (Å²) < 4.78 is 76.9. The number of carboxylic acid groups (broad SMARTS) is 1. The predicted molar refractivity (Wildman–Crippen MR) is 156 cm³/mol. The van der Waals surface area contributed by atoms with Crippen LogP contribution in [0, 0.1) is 5.82 Å². The van der Waals surface area contributed by atoms with Gasteiger partial charge in [-0.1, -0.05) is 51.1 Å². The highest BCUT2D eigenvalue weighted by Crippen LogP contribution is 2.37. The van der Waals surface area contributed by atoms with E-state index in [0.29, 0.717) is 19.6 Å². The molecule has 1 fully saturated rings. The zero-order chi connectivity index (χ0) is 31.2. The summed E-state index contributed by atoms with van der Waals surface area (Å²) in [6.07, 6.45) is 3.71. The van der Waals surface area contributed by atoms with Crippen LogP contribution in [0.2, 0.25) is 18.1 Å². The molecule has 228 valence electrons. The molecule has 10 nitrogen and oxygen atoms in total. The van der Waals surface area contributed by atoms with Gasteiger partial charge in [0.25, 0.3) is 0 Å². The first-order chi connectivity index (χ1) is 18.7. The third-order valence-corrected chi connectivity index (χ3v) is 13.5. The summed E-state index contributed by atoms with van der Waals surface area (Å²) >= 11 is 0. The molecular weight excluding hydrogens is 594 g/mol. The number of hydrogen-bond donors (Lipinski definition) is 3. The topological polar surface area (TPSA) is 158 Å². The van der Waals surface area contributed by atoms with Crippen molar-refractivity contribution >= 4 is 40.3 Å². The van der Waals surface area contributed by atoms with E-state index in [1.165, 1.54) is 34.1 Å². The van der Waals surface area contributed by atoms with Gasteiger partial charge in [-0.25, -0.2) is 12.8 Å². The quantitative estimate of drug-likeness (QED) is 0.206. The lowest BCUT2D eigenvalue weighted by Crippen LogP contribution is -2.41. The summed E-state index contributed by atoms with van der Waals surface area (Å²) in [5, 5.41) is 8.81. The number of nitrogens with zero attached hydrogens (tertiary/aromatic N) is 1. The second-order valence-corrected chi connectivity index (χ2v) is 18.8. The van der Waals surface area contributed by atoms with Crippen molar-refractivity contribution < 1.29 is 44.7 Å². The number of carbonyl (C=O) groups is 1.